The number of methoxy groups -OCH3 is 1. The maximum absolute atomic E-state index is 13.5. The molecule has 1 aromatic rings. The van der Waals surface area contributed by atoms with E-state index in [0.29, 0.717) is 17.2 Å². The molecule has 0 amide bonds. The summed E-state index contributed by atoms with van der Waals surface area (Å²) in [5.74, 6) is 0.833. The molecule has 2 nitrogen and oxygen atoms in total. The molecule has 0 saturated carbocycles. The number of hydrogen-bond donors (Lipinski definition) is 1. The smallest absolute Gasteiger partial charge is 0.128 e. The molecule has 1 atom stereocenters. The van der Waals surface area contributed by atoms with Gasteiger partial charge >= 0.3 is 0 Å². The Morgan fingerprint density at radius 3 is 2.60 bits per heavy atom. The Balaban J connectivity index is 2.91. The van der Waals surface area contributed by atoms with E-state index >= 15 is 0 Å². The molecule has 15 heavy (non-hydrogen) atoms. The Morgan fingerprint density at radius 2 is 2.07 bits per heavy atom. The van der Waals surface area contributed by atoms with Gasteiger partial charge in [-0.05, 0) is 30.5 Å². The number of hydrogen-bond acceptors (Lipinski definition) is 2. The van der Waals surface area contributed by atoms with Gasteiger partial charge in [0.2, 0.25) is 0 Å². The normalized spacial score (nSPS) is 12.9. The van der Waals surface area contributed by atoms with Crippen molar-refractivity contribution in [2.45, 2.75) is 26.3 Å². The lowest BCUT2D eigenvalue weighted by molar-refractivity contribution is 0.410. The average Bonchev–Trinajstić information content (AvgIpc) is 2.17. The second-order valence-corrected chi connectivity index (χ2v) is 4.12. The van der Waals surface area contributed by atoms with Crippen molar-refractivity contribution in [1.29, 1.82) is 0 Å². The van der Waals surface area contributed by atoms with E-state index in [4.69, 9.17) is 10.5 Å². The summed E-state index contributed by atoms with van der Waals surface area (Å²) in [6, 6.07) is 4.40. The van der Waals surface area contributed by atoms with Crippen LogP contribution in [0.25, 0.3) is 0 Å². The van der Waals surface area contributed by atoms with Gasteiger partial charge in [-0.15, -0.1) is 0 Å². The van der Waals surface area contributed by atoms with Crippen LogP contribution in [0.2, 0.25) is 0 Å². The standard InChI is InChI=1S/C12H18FNO/c1-8(2)6-12(14)10-7-9(15-3)4-5-11(10)13/h4-5,7-8,12H,6,14H2,1-3H3/t12-/m1/s1. The molecule has 0 fully saturated rings. The van der Waals surface area contributed by atoms with Crippen molar-refractivity contribution in [2.75, 3.05) is 7.11 Å². The van der Waals surface area contributed by atoms with Gasteiger partial charge in [0.15, 0.2) is 0 Å². The third kappa shape index (κ3) is 3.20. The Hall–Kier alpha value is -1.09. The lowest BCUT2D eigenvalue weighted by Gasteiger charge is -2.15. The van der Waals surface area contributed by atoms with Gasteiger partial charge < -0.3 is 10.5 Å². The largest absolute Gasteiger partial charge is 0.497 e. The molecule has 0 saturated heterocycles. The van der Waals surface area contributed by atoms with Gasteiger partial charge in [-0.2, -0.15) is 0 Å². The minimum Gasteiger partial charge on any atom is -0.497 e. The molecule has 0 radical (unpaired) electrons. The van der Waals surface area contributed by atoms with E-state index in [1.54, 1.807) is 19.2 Å². The van der Waals surface area contributed by atoms with Crippen LogP contribution in [0.15, 0.2) is 18.2 Å². The van der Waals surface area contributed by atoms with Gasteiger partial charge in [-0.1, -0.05) is 13.8 Å². The van der Waals surface area contributed by atoms with Crippen molar-refractivity contribution < 1.29 is 9.13 Å². The summed E-state index contributed by atoms with van der Waals surface area (Å²) in [5, 5.41) is 0. The third-order valence-corrected chi connectivity index (χ3v) is 2.33. The minimum atomic E-state index is -0.264. The van der Waals surface area contributed by atoms with Crippen molar-refractivity contribution in [3.05, 3.63) is 29.6 Å². The summed E-state index contributed by atoms with van der Waals surface area (Å²) >= 11 is 0. The molecule has 84 valence electrons. The molecule has 0 bridgehead atoms. The highest BCUT2D eigenvalue weighted by Gasteiger charge is 2.13. The minimum absolute atomic E-state index is 0.260. The molecular weight excluding hydrogens is 193 g/mol. The molecule has 3 heteroatoms. The van der Waals surface area contributed by atoms with Crippen LogP contribution in [0.3, 0.4) is 0 Å². The van der Waals surface area contributed by atoms with E-state index in [9.17, 15) is 4.39 Å². The van der Waals surface area contributed by atoms with Crippen LogP contribution in [0.5, 0.6) is 5.75 Å². The van der Waals surface area contributed by atoms with Crippen LogP contribution in [0.1, 0.15) is 31.9 Å². The van der Waals surface area contributed by atoms with E-state index in [-0.39, 0.29) is 11.9 Å². The molecule has 0 aliphatic carbocycles. The highest BCUT2D eigenvalue weighted by Crippen LogP contribution is 2.25. The Labute approximate surface area is 90.2 Å². The van der Waals surface area contributed by atoms with Crippen LogP contribution in [-0.2, 0) is 0 Å². The van der Waals surface area contributed by atoms with Gasteiger partial charge in [-0.3, -0.25) is 0 Å². The maximum Gasteiger partial charge on any atom is 0.128 e. The van der Waals surface area contributed by atoms with Crippen molar-refractivity contribution >= 4 is 0 Å². The van der Waals surface area contributed by atoms with Crippen molar-refractivity contribution in [3.8, 4) is 5.75 Å². The number of benzene rings is 1. The Kier molecular flexibility index (Phi) is 4.09. The first-order valence-corrected chi connectivity index (χ1v) is 5.13. The topological polar surface area (TPSA) is 35.2 Å². The van der Waals surface area contributed by atoms with E-state index in [0.717, 1.165) is 6.42 Å². The summed E-state index contributed by atoms with van der Waals surface area (Å²) < 4.78 is 18.5. The molecular formula is C12H18FNO. The van der Waals surface area contributed by atoms with Crippen molar-refractivity contribution in [2.24, 2.45) is 11.7 Å². The van der Waals surface area contributed by atoms with Gasteiger partial charge in [0, 0.05) is 11.6 Å². The molecule has 2 N–H and O–H groups in total. The van der Waals surface area contributed by atoms with Gasteiger partial charge in [-0.25, -0.2) is 4.39 Å². The predicted octanol–water partition coefficient (Wildman–Crippen LogP) is 2.88. The first-order chi connectivity index (χ1) is 7.04. The van der Waals surface area contributed by atoms with E-state index in [2.05, 4.69) is 13.8 Å². The fourth-order valence-corrected chi connectivity index (χ4v) is 1.57. The second kappa shape index (κ2) is 5.12. The summed E-state index contributed by atoms with van der Waals surface area (Å²) in [7, 11) is 1.56. The molecule has 1 aromatic carbocycles. The second-order valence-electron chi connectivity index (χ2n) is 4.12. The van der Waals surface area contributed by atoms with Crippen LogP contribution >= 0.6 is 0 Å². The third-order valence-electron chi connectivity index (χ3n) is 2.33. The fraction of sp³-hybridized carbons (Fsp3) is 0.500. The molecule has 0 spiro atoms. The van der Waals surface area contributed by atoms with Crippen LogP contribution in [-0.4, -0.2) is 7.11 Å². The van der Waals surface area contributed by atoms with Crippen molar-refractivity contribution in [1.82, 2.24) is 0 Å². The Morgan fingerprint density at radius 1 is 1.40 bits per heavy atom. The molecule has 1 rings (SSSR count). The maximum atomic E-state index is 13.5. The van der Waals surface area contributed by atoms with Gasteiger partial charge in [0.25, 0.3) is 0 Å². The molecule has 0 aliphatic rings. The number of ether oxygens (including phenoxy) is 1. The highest BCUT2D eigenvalue weighted by molar-refractivity contribution is 5.31. The highest BCUT2D eigenvalue weighted by atomic mass is 19.1. The SMILES string of the molecule is COc1ccc(F)c([C@H](N)CC(C)C)c1. The van der Waals surface area contributed by atoms with Crippen LogP contribution in [0.4, 0.5) is 4.39 Å². The lowest BCUT2D eigenvalue weighted by Crippen LogP contribution is -2.14. The summed E-state index contributed by atoms with van der Waals surface area (Å²) in [6.07, 6.45) is 0.768. The number of nitrogens with two attached hydrogens (primary N) is 1. The summed E-state index contributed by atoms with van der Waals surface area (Å²) in [6.45, 7) is 4.13. The monoisotopic (exact) mass is 211 g/mol. The zero-order valence-corrected chi connectivity index (χ0v) is 9.46. The van der Waals surface area contributed by atoms with Crippen molar-refractivity contribution in [3.63, 3.8) is 0 Å². The molecule has 0 unspecified atom stereocenters. The quantitative estimate of drug-likeness (QED) is 0.831. The predicted molar refractivity (Wildman–Crippen MR) is 59.3 cm³/mol. The Bertz CT molecular complexity index is 325. The zero-order valence-electron chi connectivity index (χ0n) is 9.46. The number of halogens is 1. The summed E-state index contributed by atoms with van der Waals surface area (Å²) in [4.78, 5) is 0. The number of rotatable bonds is 4. The summed E-state index contributed by atoms with van der Waals surface area (Å²) in [5.41, 5.74) is 6.46. The van der Waals surface area contributed by atoms with E-state index in [1.165, 1.54) is 6.07 Å². The van der Waals surface area contributed by atoms with E-state index in [1.807, 2.05) is 0 Å². The average molecular weight is 211 g/mol. The van der Waals surface area contributed by atoms with Gasteiger partial charge in [0.05, 0.1) is 7.11 Å². The van der Waals surface area contributed by atoms with Crippen LogP contribution in [0, 0.1) is 11.7 Å². The lowest BCUT2D eigenvalue weighted by atomic mass is 9.97. The zero-order chi connectivity index (χ0) is 11.4. The first-order valence-electron chi connectivity index (χ1n) is 5.13. The van der Waals surface area contributed by atoms with Crippen LogP contribution < -0.4 is 10.5 Å². The molecule has 0 heterocycles. The van der Waals surface area contributed by atoms with E-state index < -0.39 is 0 Å². The fourth-order valence-electron chi connectivity index (χ4n) is 1.57. The first kappa shape index (κ1) is 12.0. The van der Waals surface area contributed by atoms with Gasteiger partial charge in [0.1, 0.15) is 11.6 Å². The molecule has 0 aromatic heterocycles. The molecule has 0 aliphatic heterocycles.